The predicted molar refractivity (Wildman–Crippen MR) is 101 cm³/mol. The number of nitrogens with one attached hydrogen (secondary N) is 1. The molecule has 2 aromatic carbocycles. The van der Waals surface area contributed by atoms with Gasteiger partial charge < -0.3 is 10.1 Å². The van der Waals surface area contributed by atoms with E-state index in [9.17, 15) is 4.79 Å². The second-order valence-corrected chi connectivity index (χ2v) is 7.15. The fourth-order valence-electron chi connectivity index (χ4n) is 3.16. The lowest BCUT2D eigenvalue weighted by molar-refractivity contribution is 0.0929. The largest absolute Gasteiger partial charge is 0.493 e. The summed E-state index contributed by atoms with van der Waals surface area (Å²) in [5, 5.41) is 5.16. The number of amides is 1. The standard InChI is InChI=1S/C21H19NO2S/c1-14-6-8-15(9-7-14)16-11-13-25-20(16)21(23)22-18-10-12-24-19-5-3-2-4-17(18)19/h2-9,11,13,18H,10,12H2,1H3,(H,22,23)/t18-/m1/s1. The van der Waals surface area contributed by atoms with Crippen molar-refractivity contribution in [2.45, 2.75) is 19.4 Å². The van der Waals surface area contributed by atoms with Crippen molar-refractivity contribution in [2.24, 2.45) is 0 Å². The summed E-state index contributed by atoms with van der Waals surface area (Å²) < 4.78 is 5.68. The Hall–Kier alpha value is -2.59. The van der Waals surface area contributed by atoms with E-state index in [1.165, 1.54) is 16.9 Å². The third kappa shape index (κ3) is 3.17. The average molecular weight is 349 g/mol. The summed E-state index contributed by atoms with van der Waals surface area (Å²) in [5.74, 6) is 0.844. The first-order chi connectivity index (χ1) is 12.2. The lowest BCUT2D eigenvalue weighted by Crippen LogP contribution is -2.31. The minimum absolute atomic E-state index is 0.00887. The van der Waals surface area contributed by atoms with Crippen LogP contribution < -0.4 is 10.1 Å². The highest BCUT2D eigenvalue weighted by Crippen LogP contribution is 2.33. The van der Waals surface area contributed by atoms with Gasteiger partial charge in [0.25, 0.3) is 5.91 Å². The fourth-order valence-corrected chi connectivity index (χ4v) is 3.98. The average Bonchev–Trinajstić information content (AvgIpc) is 3.12. The van der Waals surface area contributed by atoms with E-state index in [0.29, 0.717) is 6.61 Å². The van der Waals surface area contributed by atoms with Gasteiger partial charge in [-0.2, -0.15) is 0 Å². The molecule has 2 heterocycles. The van der Waals surface area contributed by atoms with E-state index in [1.807, 2.05) is 35.7 Å². The molecule has 25 heavy (non-hydrogen) atoms. The molecule has 1 atom stereocenters. The first-order valence-electron chi connectivity index (χ1n) is 8.39. The summed E-state index contributed by atoms with van der Waals surface area (Å²) in [7, 11) is 0. The van der Waals surface area contributed by atoms with Crippen molar-refractivity contribution in [1.82, 2.24) is 5.32 Å². The number of thiophene rings is 1. The Morgan fingerprint density at radius 1 is 1.12 bits per heavy atom. The van der Waals surface area contributed by atoms with Crippen molar-refractivity contribution < 1.29 is 9.53 Å². The van der Waals surface area contributed by atoms with Crippen LogP contribution in [0.2, 0.25) is 0 Å². The number of carbonyl (C=O) groups excluding carboxylic acids is 1. The third-order valence-electron chi connectivity index (χ3n) is 4.50. The van der Waals surface area contributed by atoms with E-state index in [0.717, 1.165) is 33.7 Å². The molecular weight excluding hydrogens is 330 g/mol. The van der Waals surface area contributed by atoms with Crippen molar-refractivity contribution in [3.8, 4) is 16.9 Å². The van der Waals surface area contributed by atoms with Gasteiger partial charge in [-0.3, -0.25) is 4.79 Å². The summed E-state index contributed by atoms with van der Waals surface area (Å²) in [6.45, 7) is 2.69. The van der Waals surface area contributed by atoms with Crippen LogP contribution in [0.15, 0.2) is 60.0 Å². The third-order valence-corrected chi connectivity index (χ3v) is 5.41. The zero-order chi connectivity index (χ0) is 17.2. The molecule has 1 N–H and O–H groups in total. The van der Waals surface area contributed by atoms with Gasteiger partial charge in [0.2, 0.25) is 0 Å². The number of aryl methyl sites for hydroxylation is 1. The Kier molecular flexibility index (Phi) is 4.28. The Bertz CT molecular complexity index is 898. The van der Waals surface area contributed by atoms with Crippen LogP contribution in [0.5, 0.6) is 5.75 Å². The second-order valence-electron chi connectivity index (χ2n) is 6.23. The quantitative estimate of drug-likeness (QED) is 0.724. The van der Waals surface area contributed by atoms with Gasteiger partial charge in [-0.1, -0.05) is 48.0 Å². The summed E-state index contributed by atoms with van der Waals surface area (Å²) in [4.78, 5) is 13.7. The maximum absolute atomic E-state index is 12.9. The lowest BCUT2D eigenvalue weighted by atomic mass is 10.00. The van der Waals surface area contributed by atoms with Gasteiger partial charge in [0.15, 0.2) is 0 Å². The number of rotatable bonds is 3. The molecule has 1 aliphatic heterocycles. The number of hydrogen-bond acceptors (Lipinski definition) is 3. The molecule has 0 aliphatic carbocycles. The van der Waals surface area contributed by atoms with Gasteiger partial charge in [0, 0.05) is 17.5 Å². The van der Waals surface area contributed by atoms with E-state index in [-0.39, 0.29) is 11.9 Å². The molecule has 0 unspecified atom stereocenters. The topological polar surface area (TPSA) is 38.3 Å². The summed E-state index contributed by atoms with van der Waals surface area (Å²) in [6.07, 6.45) is 0.786. The molecule has 4 heteroatoms. The molecule has 0 bridgehead atoms. The Morgan fingerprint density at radius 2 is 1.92 bits per heavy atom. The van der Waals surface area contributed by atoms with Gasteiger partial charge in [-0.25, -0.2) is 0 Å². The monoisotopic (exact) mass is 349 g/mol. The van der Waals surface area contributed by atoms with Crippen LogP contribution in [0.25, 0.3) is 11.1 Å². The number of ether oxygens (including phenoxy) is 1. The predicted octanol–water partition coefficient (Wildman–Crippen LogP) is 4.98. The van der Waals surface area contributed by atoms with Gasteiger partial charge in [-0.05, 0) is 30.0 Å². The number of benzene rings is 2. The molecular formula is C21H19NO2S. The van der Waals surface area contributed by atoms with Gasteiger partial charge >= 0.3 is 0 Å². The van der Waals surface area contributed by atoms with Crippen molar-refractivity contribution in [2.75, 3.05) is 6.61 Å². The maximum atomic E-state index is 12.9. The summed E-state index contributed by atoms with van der Waals surface area (Å²) in [5.41, 5.74) is 4.33. The van der Waals surface area contributed by atoms with Crippen molar-refractivity contribution in [1.29, 1.82) is 0 Å². The van der Waals surface area contributed by atoms with Crippen LogP contribution in [0, 0.1) is 6.92 Å². The Morgan fingerprint density at radius 3 is 2.76 bits per heavy atom. The smallest absolute Gasteiger partial charge is 0.262 e. The van der Waals surface area contributed by atoms with Crippen molar-refractivity contribution >= 4 is 17.2 Å². The number of hydrogen-bond donors (Lipinski definition) is 1. The minimum atomic E-state index is -0.0210. The highest BCUT2D eigenvalue weighted by molar-refractivity contribution is 7.12. The number of carbonyl (C=O) groups is 1. The van der Waals surface area contributed by atoms with E-state index in [4.69, 9.17) is 4.74 Å². The molecule has 126 valence electrons. The molecule has 0 radical (unpaired) electrons. The van der Waals surface area contributed by atoms with Crippen molar-refractivity contribution in [3.63, 3.8) is 0 Å². The first kappa shape index (κ1) is 15.9. The Labute approximate surface area is 151 Å². The van der Waals surface area contributed by atoms with Gasteiger partial charge in [0.1, 0.15) is 5.75 Å². The van der Waals surface area contributed by atoms with E-state index >= 15 is 0 Å². The highest BCUT2D eigenvalue weighted by Gasteiger charge is 2.24. The molecule has 3 aromatic rings. The van der Waals surface area contributed by atoms with Crippen LogP contribution in [0.3, 0.4) is 0 Å². The van der Waals surface area contributed by atoms with Crippen LogP contribution in [0.1, 0.15) is 33.3 Å². The zero-order valence-corrected chi connectivity index (χ0v) is 14.8. The van der Waals surface area contributed by atoms with Crippen LogP contribution in [-0.2, 0) is 0 Å². The maximum Gasteiger partial charge on any atom is 0.262 e. The normalized spacial score (nSPS) is 16.0. The summed E-state index contributed by atoms with van der Waals surface area (Å²) >= 11 is 1.48. The van der Waals surface area contributed by atoms with E-state index in [2.05, 4.69) is 36.5 Å². The van der Waals surface area contributed by atoms with Crippen LogP contribution >= 0.6 is 11.3 Å². The highest BCUT2D eigenvalue weighted by atomic mass is 32.1. The Balaban J connectivity index is 1.59. The molecule has 0 fully saturated rings. The van der Waals surface area contributed by atoms with Crippen LogP contribution in [-0.4, -0.2) is 12.5 Å². The van der Waals surface area contributed by atoms with E-state index in [1.54, 1.807) is 0 Å². The van der Waals surface area contributed by atoms with Crippen LogP contribution in [0.4, 0.5) is 0 Å². The molecule has 0 saturated carbocycles. The molecule has 0 saturated heterocycles. The molecule has 4 rings (SSSR count). The molecule has 0 spiro atoms. The first-order valence-corrected chi connectivity index (χ1v) is 9.27. The number of fused-ring (bicyclic) bond motifs is 1. The zero-order valence-electron chi connectivity index (χ0n) is 14.0. The number of para-hydroxylation sites is 1. The molecule has 3 nitrogen and oxygen atoms in total. The van der Waals surface area contributed by atoms with Gasteiger partial charge in [-0.15, -0.1) is 11.3 Å². The fraction of sp³-hybridized carbons (Fsp3) is 0.190. The molecule has 1 aliphatic rings. The van der Waals surface area contributed by atoms with Crippen molar-refractivity contribution in [3.05, 3.63) is 76.0 Å². The van der Waals surface area contributed by atoms with Gasteiger partial charge in [0.05, 0.1) is 17.5 Å². The molecule has 1 aromatic heterocycles. The lowest BCUT2D eigenvalue weighted by Gasteiger charge is -2.26. The SMILES string of the molecule is Cc1ccc(-c2ccsc2C(=O)N[C@@H]2CCOc3ccccc32)cc1. The second kappa shape index (κ2) is 6.73. The molecule has 1 amide bonds. The minimum Gasteiger partial charge on any atom is -0.493 e. The van der Waals surface area contributed by atoms with E-state index < -0.39 is 0 Å². The summed E-state index contributed by atoms with van der Waals surface area (Å²) in [6, 6.07) is 18.2.